The molecule has 0 saturated carbocycles. The van der Waals surface area contributed by atoms with Gasteiger partial charge in [0.05, 0.1) is 6.61 Å². The summed E-state index contributed by atoms with van der Waals surface area (Å²) in [7, 11) is 1.56. The second-order valence-corrected chi connectivity index (χ2v) is 2.91. The maximum absolute atomic E-state index is 11.2. The fourth-order valence-electron chi connectivity index (χ4n) is 1.11. The van der Waals surface area contributed by atoms with E-state index < -0.39 is 0 Å². The minimum atomic E-state index is -0.161. The monoisotopic (exact) mass is 228 g/mol. The van der Waals surface area contributed by atoms with Crippen LogP contribution in [0.15, 0.2) is 12.2 Å². The van der Waals surface area contributed by atoms with E-state index in [9.17, 15) is 9.59 Å². The third-order valence-electron chi connectivity index (χ3n) is 1.93. The van der Waals surface area contributed by atoms with E-state index in [1.165, 1.54) is 6.08 Å². The number of morpholine rings is 1. The SMILES string of the molecule is CC.CNC(=O)/C=C/CN1CCOCC1=O. The molecule has 1 rings (SSSR count). The summed E-state index contributed by atoms with van der Waals surface area (Å²) >= 11 is 0. The van der Waals surface area contributed by atoms with Crippen LogP contribution < -0.4 is 5.32 Å². The van der Waals surface area contributed by atoms with Crippen molar-refractivity contribution in [3.8, 4) is 0 Å². The average Bonchev–Trinajstić information content (AvgIpc) is 2.34. The Morgan fingerprint density at radius 1 is 1.56 bits per heavy atom. The Morgan fingerprint density at radius 2 is 2.25 bits per heavy atom. The second kappa shape index (κ2) is 8.91. The Hall–Kier alpha value is -1.36. The maximum atomic E-state index is 11.2. The third kappa shape index (κ3) is 5.50. The number of rotatable bonds is 3. The number of hydrogen-bond acceptors (Lipinski definition) is 3. The van der Waals surface area contributed by atoms with Crippen LogP contribution in [0.4, 0.5) is 0 Å². The fraction of sp³-hybridized carbons (Fsp3) is 0.636. The van der Waals surface area contributed by atoms with Crippen LogP contribution in [0.25, 0.3) is 0 Å². The Kier molecular flexibility index (Phi) is 8.15. The minimum absolute atomic E-state index is 0.0298. The fourth-order valence-corrected chi connectivity index (χ4v) is 1.11. The lowest BCUT2D eigenvalue weighted by atomic mass is 10.3. The first-order chi connectivity index (χ1) is 7.74. The highest BCUT2D eigenvalue weighted by molar-refractivity contribution is 5.87. The van der Waals surface area contributed by atoms with Crippen molar-refractivity contribution in [3.05, 3.63) is 12.2 Å². The Morgan fingerprint density at radius 3 is 2.81 bits per heavy atom. The Balaban J connectivity index is 0.00000106. The molecule has 5 nitrogen and oxygen atoms in total. The van der Waals surface area contributed by atoms with Crippen LogP contribution in [0.2, 0.25) is 0 Å². The zero-order valence-electron chi connectivity index (χ0n) is 10.2. The zero-order valence-corrected chi connectivity index (χ0v) is 10.2. The van der Waals surface area contributed by atoms with E-state index in [-0.39, 0.29) is 18.4 Å². The molecule has 5 heteroatoms. The Labute approximate surface area is 96.4 Å². The van der Waals surface area contributed by atoms with Gasteiger partial charge in [0.15, 0.2) is 0 Å². The standard InChI is InChI=1S/C9H14N2O3.C2H6/c1-10-8(12)3-2-4-11-5-6-14-7-9(11)13;1-2/h2-3H,4-7H2,1H3,(H,10,12);1-2H3/b3-2+;. The molecule has 16 heavy (non-hydrogen) atoms. The summed E-state index contributed by atoms with van der Waals surface area (Å²) in [5.41, 5.74) is 0. The van der Waals surface area contributed by atoms with Gasteiger partial charge in [0.1, 0.15) is 6.61 Å². The number of ether oxygens (including phenoxy) is 1. The maximum Gasteiger partial charge on any atom is 0.248 e. The summed E-state index contributed by atoms with van der Waals surface area (Å²) < 4.78 is 4.97. The molecule has 0 aromatic carbocycles. The molecule has 0 aliphatic carbocycles. The van der Waals surface area contributed by atoms with Crippen LogP contribution in [0.3, 0.4) is 0 Å². The van der Waals surface area contributed by atoms with Gasteiger partial charge in [-0.15, -0.1) is 0 Å². The molecule has 92 valence electrons. The normalized spacial score (nSPS) is 15.7. The first kappa shape index (κ1) is 14.6. The molecule has 0 aromatic rings. The highest BCUT2D eigenvalue weighted by Gasteiger charge is 2.16. The largest absolute Gasteiger partial charge is 0.370 e. The summed E-state index contributed by atoms with van der Waals surface area (Å²) in [5.74, 6) is -0.191. The first-order valence-electron chi connectivity index (χ1n) is 5.48. The van der Waals surface area contributed by atoms with Crippen molar-refractivity contribution in [1.29, 1.82) is 0 Å². The summed E-state index contributed by atoms with van der Waals surface area (Å²) in [4.78, 5) is 23.7. The van der Waals surface area contributed by atoms with Crippen LogP contribution in [-0.2, 0) is 14.3 Å². The van der Waals surface area contributed by atoms with Gasteiger partial charge in [-0.1, -0.05) is 19.9 Å². The number of nitrogens with one attached hydrogen (secondary N) is 1. The van der Waals surface area contributed by atoms with Crippen molar-refractivity contribution >= 4 is 11.8 Å². The van der Waals surface area contributed by atoms with Gasteiger partial charge in [-0.05, 0) is 0 Å². The Bertz CT molecular complexity index is 252. The lowest BCUT2D eigenvalue weighted by Crippen LogP contribution is -2.41. The summed E-state index contributed by atoms with van der Waals surface area (Å²) in [5, 5.41) is 2.46. The minimum Gasteiger partial charge on any atom is -0.370 e. The first-order valence-corrected chi connectivity index (χ1v) is 5.48. The van der Waals surface area contributed by atoms with Crippen LogP contribution in [0, 0.1) is 0 Å². The molecule has 0 unspecified atom stereocenters. The van der Waals surface area contributed by atoms with Gasteiger partial charge in [0, 0.05) is 26.2 Å². The average molecular weight is 228 g/mol. The molecular weight excluding hydrogens is 208 g/mol. The van der Waals surface area contributed by atoms with Gasteiger partial charge in [-0.2, -0.15) is 0 Å². The van der Waals surface area contributed by atoms with Crippen LogP contribution >= 0.6 is 0 Å². The molecule has 0 bridgehead atoms. The lowest BCUT2D eigenvalue weighted by molar-refractivity contribution is -0.141. The number of carbonyl (C=O) groups is 2. The van der Waals surface area contributed by atoms with E-state index in [2.05, 4.69) is 5.32 Å². The molecule has 0 aromatic heterocycles. The second-order valence-electron chi connectivity index (χ2n) is 2.91. The topological polar surface area (TPSA) is 58.6 Å². The van der Waals surface area contributed by atoms with E-state index in [1.54, 1.807) is 18.0 Å². The van der Waals surface area contributed by atoms with Crippen LogP contribution in [-0.4, -0.2) is 50.1 Å². The number of likely N-dealkylation sites (N-methyl/N-ethyl adjacent to an activating group) is 1. The molecule has 0 spiro atoms. The van der Waals surface area contributed by atoms with Crippen LogP contribution in [0.5, 0.6) is 0 Å². The highest BCUT2D eigenvalue weighted by Crippen LogP contribution is 1.98. The van der Waals surface area contributed by atoms with Gasteiger partial charge in [0.2, 0.25) is 11.8 Å². The quantitative estimate of drug-likeness (QED) is 0.701. The molecule has 1 fully saturated rings. The molecule has 0 radical (unpaired) electrons. The van der Waals surface area contributed by atoms with Gasteiger partial charge >= 0.3 is 0 Å². The van der Waals surface area contributed by atoms with Crippen LogP contribution in [0.1, 0.15) is 13.8 Å². The van der Waals surface area contributed by atoms with E-state index in [0.29, 0.717) is 19.7 Å². The molecule has 1 aliphatic heterocycles. The van der Waals surface area contributed by atoms with Gasteiger partial charge in [0.25, 0.3) is 0 Å². The van der Waals surface area contributed by atoms with Gasteiger partial charge in [-0.25, -0.2) is 0 Å². The van der Waals surface area contributed by atoms with Crippen molar-refractivity contribution in [3.63, 3.8) is 0 Å². The summed E-state index contributed by atoms with van der Waals surface area (Å²) in [6.45, 7) is 5.78. The zero-order chi connectivity index (χ0) is 12.4. The van der Waals surface area contributed by atoms with Crippen molar-refractivity contribution in [2.24, 2.45) is 0 Å². The molecule has 1 saturated heterocycles. The van der Waals surface area contributed by atoms with E-state index in [0.717, 1.165) is 0 Å². The summed E-state index contributed by atoms with van der Waals surface area (Å²) in [6.07, 6.45) is 3.09. The van der Waals surface area contributed by atoms with E-state index in [4.69, 9.17) is 4.74 Å². The molecule has 1 heterocycles. The highest BCUT2D eigenvalue weighted by atomic mass is 16.5. The number of hydrogen-bond donors (Lipinski definition) is 1. The third-order valence-corrected chi connectivity index (χ3v) is 1.93. The molecule has 1 aliphatic rings. The van der Waals surface area contributed by atoms with Gasteiger partial charge < -0.3 is 15.0 Å². The summed E-state index contributed by atoms with van der Waals surface area (Å²) in [6, 6.07) is 0. The number of carbonyl (C=O) groups excluding carboxylic acids is 2. The van der Waals surface area contributed by atoms with E-state index in [1.807, 2.05) is 13.8 Å². The van der Waals surface area contributed by atoms with Crippen molar-refractivity contribution < 1.29 is 14.3 Å². The van der Waals surface area contributed by atoms with Crippen molar-refractivity contribution in [1.82, 2.24) is 10.2 Å². The molecule has 0 atom stereocenters. The predicted molar refractivity (Wildman–Crippen MR) is 62.0 cm³/mol. The number of nitrogens with zero attached hydrogens (tertiary/aromatic N) is 1. The number of amides is 2. The van der Waals surface area contributed by atoms with Crippen molar-refractivity contribution in [2.45, 2.75) is 13.8 Å². The molecule has 2 amide bonds. The van der Waals surface area contributed by atoms with Crippen molar-refractivity contribution in [2.75, 3.05) is 33.4 Å². The predicted octanol–water partition coefficient (Wildman–Crippen LogP) is 0.174. The van der Waals surface area contributed by atoms with Gasteiger partial charge in [-0.3, -0.25) is 9.59 Å². The molecule has 1 N–H and O–H groups in total. The molecular formula is C11H20N2O3. The smallest absolute Gasteiger partial charge is 0.248 e. The lowest BCUT2D eigenvalue weighted by Gasteiger charge is -2.25. The van der Waals surface area contributed by atoms with E-state index >= 15 is 0 Å².